The number of fused-ring (bicyclic) bond motifs is 1. The van der Waals surface area contributed by atoms with Crippen LogP contribution in [0.15, 0.2) is 48.5 Å². The molecule has 4 aromatic rings. The van der Waals surface area contributed by atoms with Crippen LogP contribution in [0.25, 0.3) is 22.4 Å². The fourth-order valence-corrected chi connectivity index (χ4v) is 9.29. The second kappa shape index (κ2) is 15.3. The number of aromatic nitrogens is 2. The van der Waals surface area contributed by atoms with Crippen molar-refractivity contribution < 1.29 is 28.9 Å². The van der Waals surface area contributed by atoms with Crippen molar-refractivity contribution in [1.82, 2.24) is 25.5 Å². The second-order valence-electron chi connectivity index (χ2n) is 15.3. The highest BCUT2D eigenvalue weighted by Gasteiger charge is 2.57. The van der Waals surface area contributed by atoms with Crippen molar-refractivity contribution in [2.45, 2.75) is 70.7 Å². The lowest BCUT2D eigenvalue weighted by Gasteiger charge is -2.20. The average molecular weight is 787 g/mol. The zero-order valence-corrected chi connectivity index (χ0v) is 32.7. The Bertz CT molecular complexity index is 2160. The monoisotopic (exact) mass is 785 g/mol. The van der Waals surface area contributed by atoms with Gasteiger partial charge in [0.25, 0.3) is 0 Å². The molecule has 288 valence electrons. The fourth-order valence-electron chi connectivity index (χ4n) is 8.75. The third-order valence-electron chi connectivity index (χ3n) is 11.8. The first-order valence-corrected chi connectivity index (χ1v) is 19.6. The molecule has 1 amide bonds. The van der Waals surface area contributed by atoms with Gasteiger partial charge in [0.1, 0.15) is 11.1 Å². The quantitative estimate of drug-likeness (QED) is 0.128. The molecule has 1 spiro atoms. The van der Waals surface area contributed by atoms with Crippen molar-refractivity contribution >= 4 is 35.1 Å². The predicted octanol–water partition coefficient (Wildman–Crippen LogP) is 7.17. The molecule has 3 atom stereocenters. The van der Waals surface area contributed by atoms with Gasteiger partial charge in [-0.2, -0.15) is 4.98 Å². The van der Waals surface area contributed by atoms with Gasteiger partial charge >= 0.3 is 5.97 Å². The maximum absolute atomic E-state index is 12.0. The summed E-state index contributed by atoms with van der Waals surface area (Å²) < 4.78 is 18.0. The molecule has 4 aliphatic rings. The van der Waals surface area contributed by atoms with Crippen molar-refractivity contribution in [3.8, 4) is 40.0 Å². The number of likely N-dealkylation sites (tertiary alicyclic amines) is 1. The number of pyridine rings is 2. The largest absolute Gasteiger partial charge is 0.481 e. The number of hydrogen-bond donors (Lipinski definition) is 3. The molecular formula is C42H45Cl2N5O6. The van der Waals surface area contributed by atoms with Gasteiger partial charge in [0, 0.05) is 67.4 Å². The topological polar surface area (TPSA) is 135 Å². The highest BCUT2D eigenvalue weighted by atomic mass is 35.5. The average Bonchev–Trinajstić information content (AvgIpc) is 3.43. The zero-order valence-electron chi connectivity index (χ0n) is 31.2. The fraction of sp³-hybridized carbons (Fsp3) is 0.429. The van der Waals surface area contributed by atoms with E-state index in [1.165, 1.54) is 0 Å². The molecule has 1 saturated carbocycles. The molecule has 3 fully saturated rings. The standard InChI is InChI=1S/C42H45Cl2N5O6/c1-23-16-34(47-39(54-3)31(23)20-49-21-32(41(51)52)42(22-49)14-15-42)30-9-5-8-29(37(30)44)26-6-4-7-28-27(26)11-12-35(28)55-40-33(43)17-24(38(48-40)53-2)18-45-19-25-10-13-36(50)46-25/h4-9,16-17,25,32,35,45H,10-15,18-22H2,1-3H3,(H,46,50)(H,51,52)/t25-,32?,35-/m0/s1. The Morgan fingerprint density at radius 1 is 1.00 bits per heavy atom. The molecule has 13 heteroatoms. The number of carboxylic acid groups (broad SMARTS) is 1. The van der Waals surface area contributed by atoms with Crippen LogP contribution in [0.3, 0.4) is 0 Å². The van der Waals surface area contributed by atoms with Crippen LogP contribution in [0.4, 0.5) is 0 Å². The number of ether oxygens (including phenoxy) is 3. The smallest absolute Gasteiger partial charge is 0.308 e. The highest BCUT2D eigenvalue weighted by Crippen LogP contribution is 2.56. The van der Waals surface area contributed by atoms with Crippen LogP contribution in [0, 0.1) is 18.3 Å². The van der Waals surface area contributed by atoms with E-state index in [1.807, 2.05) is 43.3 Å². The van der Waals surface area contributed by atoms with Crippen molar-refractivity contribution in [2.24, 2.45) is 11.3 Å². The number of methoxy groups -OCH3 is 2. The van der Waals surface area contributed by atoms with Gasteiger partial charge < -0.3 is 30.0 Å². The Balaban J connectivity index is 1.01. The number of nitrogens with zero attached hydrogens (tertiary/aromatic N) is 3. The molecule has 4 heterocycles. The maximum atomic E-state index is 12.0. The summed E-state index contributed by atoms with van der Waals surface area (Å²) in [5.74, 6) is 0.318. The van der Waals surface area contributed by atoms with Crippen LogP contribution in [-0.4, -0.2) is 71.7 Å². The summed E-state index contributed by atoms with van der Waals surface area (Å²) in [6, 6.07) is 16.2. The Labute approximate surface area is 330 Å². The summed E-state index contributed by atoms with van der Waals surface area (Å²) in [7, 11) is 3.20. The van der Waals surface area contributed by atoms with Crippen LogP contribution in [0.2, 0.25) is 10.0 Å². The van der Waals surface area contributed by atoms with Crippen LogP contribution in [0.1, 0.15) is 66.0 Å². The lowest BCUT2D eigenvalue weighted by atomic mass is 9.93. The highest BCUT2D eigenvalue weighted by molar-refractivity contribution is 6.36. The normalized spacial score (nSPS) is 21.1. The van der Waals surface area contributed by atoms with Crippen molar-refractivity contribution in [2.75, 3.05) is 33.9 Å². The van der Waals surface area contributed by atoms with Gasteiger partial charge in [0.15, 0.2) is 0 Å². The summed E-state index contributed by atoms with van der Waals surface area (Å²) in [6.45, 7) is 5.07. The number of carboxylic acids is 1. The molecule has 3 N–H and O–H groups in total. The molecule has 2 saturated heterocycles. The molecule has 11 nitrogen and oxygen atoms in total. The number of hydrogen-bond acceptors (Lipinski definition) is 9. The summed E-state index contributed by atoms with van der Waals surface area (Å²) >= 11 is 14.0. The van der Waals surface area contributed by atoms with E-state index in [2.05, 4.69) is 32.7 Å². The Morgan fingerprint density at radius 3 is 2.47 bits per heavy atom. The Morgan fingerprint density at radius 2 is 1.76 bits per heavy atom. The Hall–Kier alpha value is -4.42. The maximum Gasteiger partial charge on any atom is 0.308 e. The minimum atomic E-state index is -0.704. The van der Waals surface area contributed by atoms with Gasteiger partial charge in [-0.25, -0.2) is 4.98 Å². The number of aryl methyl sites for hydroxylation is 1. The van der Waals surface area contributed by atoms with Crippen molar-refractivity contribution in [3.05, 3.63) is 86.4 Å². The summed E-state index contributed by atoms with van der Waals surface area (Å²) in [5, 5.41) is 17.2. The predicted molar refractivity (Wildman–Crippen MR) is 210 cm³/mol. The first kappa shape index (κ1) is 37.5. The van der Waals surface area contributed by atoms with Gasteiger partial charge in [0.2, 0.25) is 23.5 Å². The lowest BCUT2D eigenvalue weighted by Crippen LogP contribution is -2.35. The molecule has 2 aromatic heterocycles. The molecule has 2 aromatic carbocycles. The number of carbonyl (C=O) groups excluding carboxylic acids is 1. The van der Waals surface area contributed by atoms with Gasteiger partial charge in [-0.05, 0) is 78.8 Å². The number of aliphatic carboxylic acids is 1. The first-order chi connectivity index (χ1) is 26.6. The lowest BCUT2D eigenvalue weighted by molar-refractivity contribution is -0.143. The van der Waals surface area contributed by atoms with E-state index >= 15 is 0 Å². The summed E-state index contributed by atoms with van der Waals surface area (Å²) in [5.41, 5.74) is 8.34. The van der Waals surface area contributed by atoms with Crippen LogP contribution in [-0.2, 0) is 29.1 Å². The van der Waals surface area contributed by atoms with E-state index < -0.39 is 5.97 Å². The van der Waals surface area contributed by atoms with E-state index in [0.717, 1.165) is 83.2 Å². The third kappa shape index (κ3) is 7.35. The minimum Gasteiger partial charge on any atom is -0.481 e. The molecule has 0 bridgehead atoms. The molecule has 55 heavy (non-hydrogen) atoms. The molecule has 1 unspecified atom stereocenters. The van der Waals surface area contributed by atoms with Crippen LogP contribution in [0.5, 0.6) is 17.6 Å². The SMILES string of the molecule is COc1nc(O[C@H]2CCc3c(-c4cccc(-c5cc(C)c(CN6CC(C(=O)O)C7(CC7)C6)c(OC)n5)c4Cl)cccc32)c(Cl)cc1CNC[C@@H]1CCC(=O)N1. The number of carbonyl (C=O) groups is 2. The zero-order chi connectivity index (χ0) is 38.4. The Kier molecular flexibility index (Phi) is 10.4. The molecule has 2 aliphatic heterocycles. The van der Waals surface area contributed by atoms with E-state index in [9.17, 15) is 14.7 Å². The number of benzene rings is 2. The van der Waals surface area contributed by atoms with Crippen LogP contribution < -0.4 is 24.8 Å². The van der Waals surface area contributed by atoms with Gasteiger partial charge in [-0.3, -0.25) is 14.5 Å². The van der Waals surface area contributed by atoms with E-state index in [1.54, 1.807) is 14.2 Å². The number of rotatable bonds is 13. The van der Waals surface area contributed by atoms with Crippen LogP contribution >= 0.6 is 23.2 Å². The van der Waals surface area contributed by atoms with E-state index in [0.29, 0.717) is 66.0 Å². The number of amides is 1. The molecule has 0 radical (unpaired) electrons. The van der Waals surface area contributed by atoms with Crippen molar-refractivity contribution in [3.63, 3.8) is 0 Å². The third-order valence-corrected chi connectivity index (χ3v) is 12.5. The second-order valence-corrected chi connectivity index (χ2v) is 16.1. The minimum absolute atomic E-state index is 0.0860. The van der Waals surface area contributed by atoms with Gasteiger partial charge in [0.05, 0.1) is 30.9 Å². The number of halogens is 2. The first-order valence-electron chi connectivity index (χ1n) is 18.9. The summed E-state index contributed by atoms with van der Waals surface area (Å²) in [4.78, 5) is 35.3. The van der Waals surface area contributed by atoms with Crippen molar-refractivity contribution in [1.29, 1.82) is 0 Å². The number of nitrogens with one attached hydrogen (secondary N) is 2. The van der Waals surface area contributed by atoms with E-state index in [4.69, 9.17) is 42.4 Å². The van der Waals surface area contributed by atoms with Gasteiger partial charge in [-0.1, -0.05) is 59.6 Å². The summed E-state index contributed by atoms with van der Waals surface area (Å²) in [6.07, 6.45) is 4.58. The van der Waals surface area contributed by atoms with Gasteiger partial charge in [-0.15, -0.1) is 0 Å². The molecular weight excluding hydrogens is 741 g/mol. The molecule has 2 aliphatic carbocycles. The van der Waals surface area contributed by atoms with E-state index in [-0.39, 0.29) is 29.4 Å². The molecule has 8 rings (SSSR count).